The number of aryl methyl sites for hydroxylation is 2. The molecule has 0 saturated heterocycles. The molecular formula is C32H44N10O10S2. The monoisotopic (exact) mass is 792 g/mol. The van der Waals surface area contributed by atoms with E-state index in [0.29, 0.717) is 11.5 Å². The van der Waals surface area contributed by atoms with Crippen molar-refractivity contribution in [1.82, 2.24) is 49.6 Å². The Kier molecular flexibility index (Phi) is 13.8. The number of amides is 2. The van der Waals surface area contributed by atoms with Crippen LogP contribution in [0.3, 0.4) is 0 Å². The summed E-state index contributed by atoms with van der Waals surface area (Å²) in [5.41, 5.74) is 3.51. The third kappa shape index (κ3) is 9.56. The molecule has 2 amide bonds. The van der Waals surface area contributed by atoms with Crippen molar-refractivity contribution >= 4 is 31.9 Å². The second-order valence-electron chi connectivity index (χ2n) is 12.7. The number of hydroxylamine groups is 2. The minimum Gasteiger partial charge on any atom is -0.497 e. The normalized spacial score (nSPS) is 13.3. The number of aromatic nitrogens is 6. The largest absolute Gasteiger partial charge is 0.497 e. The zero-order valence-corrected chi connectivity index (χ0v) is 32.1. The Labute approximate surface area is 312 Å². The molecule has 2 heterocycles. The van der Waals surface area contributed by atoms with E-state index in [1.54, 1.807) is 38.7 Å². The third-order valence-corrected chi connectivity index (χ3v) is 12.0. The Morgan fingerprint density at radius 1 is 0.667 bits per heavy atom. The van der Waals surface area contributed by atoms with Crippen LogP contribution in [-0.2, 0) is 55.8 Å². The molecule has 2 aromatic carbocycles. The van der Waals surface area contributed by atoms with Gasteiger partial charge in [0.05, 0.1) is 61.6 Å². The van der Waals surface area contributed by atoms with Crippen LogP contribution in [0.25, 0.3) is 0 Å². The summed E-state index contributed by atoms with van der Waals surface area (Å²) < 4.78 is 70.5. The number of sulfonamides is 2. The predicted molar refractivity (Wildman–Crippen MR) is 189 cm³/mol. The molecule has 0 aliphatic carbocycles. The lowest BCUT2D eigenvalue weighted by molar-refractivity contribution is -0.135. The second kappa shape index (κ2) is 17.9. The van der Waals surface area contributed by atoms with E-state index in [2.05, 4.69) is 20.6 Å². The number of carbonyl (C=O) groups is 2. The zero-order chi connectivity index (χ0) is 39.8. The van der Waals surface area contributed by atoms with E-state index >= 15 is 0 Å². The first-order valence-corrected chi connectivity index (χ1v) is 19.4. The highest BCUT2D eigenvalue weighted by molar-refractivity contribution is 7.89. The van der Waals surface area contributed by atoms with Crippen LogP contribution in [0.2, 0.25) is 0 Å². The zero-order valence-electron chi connectivity index (χ0n) is 30.5. The smallest absolute Gasteiger partial charge is 0.262 e. The van der Waals surface area contributed by atoms with E-state index in [1.165, 1.54) is 84.5 Å². The standard InChI is InChI=1S/C32H44N10O10S2/c1-21(2)29(31(43)35-45)41(53(47,48)27-11-7-25(51-5)8-12-27)19-23-17-39(37-33-23)15-16-40-18-24(34-38-40)20-42(30(22(3)4)32(44)36-46)54(49,50)28-13-9-26(52-6)10-14-28/h7-14,17-18,21-22,29-30,45-46H,15-16,19-20H2,1-6H3,(H,35,43)(H,36,44)/t29-,30-/m1/s1. The highest BCUT2D eigenvalue weighted by atomic mass is 32.2. The van der Waals surface area contributed by atoms with Crippen molar-refractivity contribution in [2.45, 2.75) is 75.7 Å². The average Bonchev–Trinajstić information content (AvgIpc) is 3.81. The number of hydrogen-bond donors (Lipinski definition) is 4. The molecule has 2 aromatic heterocycles. The summed E-state index contributed by atoms with van der Waals surface area (Å²) in [5.74, 6) is -2.11. The molecule has 0 saturated carbocycles. The van der Waals surface area contributed by atoms with E-state index in [1.807, 2.05) is 0 Å². The highest BCUT2D eigenvalue weighted by Gasteiger charge is 2.40. The van der Waals surface area contributed by atoms with Crippen molar-refractivity contribution in [2.75, 3.05) is 14.2 Å². The Morgan fingerprint density at radius 3 is 1.28 bits per heavy atom. The molecule has 0 bridgehead atoms. The van der Waals surface area contributed by atoms with Crippen molar-refractivity contribution < 1.29 is 46.3 Å². The minimum atomic E-state index is -4.31. The molecule has 0 radical (unpaired) electrons. The van der Waals surface area contributed by atoms with Crippen molar-refractivity contribution in [2.24, 2.45) is 11.8 Å². The van der Waals surface area contributed by atoms with Gasteiger partial charge in [0.25, 0.3) is 11.8 Å². The highest BCUT2D eigenvalue weighted by Crippen LogP contribution is 2.28. The van der Waals surface area contributed by atoms with Crippen LogP contribution in [-0.4, -0.2) is 104 Å². The lowest BCUT2D eigenvalue weighted by Crippen LogP contribution is -2.51. The SMILES string of the molecule is COc1ccc(S(=O)(=O)N(Cc2cn(CCn3cc(CN([C@@H](C(=O)NO)C(C)C)S(=O)(=O)c4ccc(OC)cc4)nn3)nn2)[C@@H](C(=O)NO)C(C)C)cc1. The lowest BCUT2D eigenvalue weighted by Gasteiger charge is -2.31. The molecule has 4 aromatic rings. The summed E-state index contributed by atoms with van der Waals surface area (Å²) in [6, 6.07) is 8.64. The minimum absolute atomic E-state index is 0.110. The van der Waals surface area contributed by atoms with Gasteiger partial charge in [-0.25, -0.2) is 27.8 Å². The fraction of sp³-hybridized carbons (Fsp3) is 0.438. The van der Waals surface area contributed by atoms with Gasteiger partial charge < -0.3 is 9.47 Å². The van der Waals surface area contributed by atoms with Gasteiger partial charge >= 0.3 is 0 Å². The van der Waals surface area contributed by atoms with Gasteiger partial charge in [-0.15, -0.1) is 10.2 Å². The molecule has 0 spiro atoms. The molecule has 2 atom stereocenters. The molecular weight excluding hydrogens is 749 g/mol. The molecule has 294 valence electrons. The van der Waals surface area contributed by atoms with Crippen LogP contribution in [0.1, 0.15) is 39.1 Å². The van der Waals surface area contributed by atoms with Crippen LogP contribution in [0, 0.1) is 11.8 Å². The molecule has 0 unspecified atom stereocenters. The van der Waals surface area contributed by atoms with Crippen LogP contribution >= 0.6 is 0 Å². The molecule has 0 fully saturated rings. The Morgan fingerprint density at radius 2 is 1.00 bits per heavy atom. The maximum Gasteiger partial charge on any atom is 0.262 e. The fourth-order valence-electron chi connectivity index (χ4n) is 5.66. The molecule has 22 heteroatoms. The van der Waals surface area contributed by atoms with E-state index in [9.17, 15) is 36.8 Å². The number of methoxy groups -OCH3 is 2. The maximum absolute atomic E-state index is 13.9. The van der Waals surface area contributed by atoms with Gasteiger partial charge in [-0.1, -0.05) is 38.1 Å². The van der Waals surface area contributed by atoms with Gasteiger partial charge in [0, 0.05) is 12.4 Å². The summed E-state index contributed by atoms with van der Waals surface area (Å²) in [4.78, 5) is 25.3. The van der Waals surface area contributed by atoms with Crippen LogP contribution in [0.15, 0.2) is 70.7 Å². The third-order valence-electron chi connectivity index (χ3n) is 8.34. The number of nitrogens with zero attached hydrogens (tertiary/aromatic N) is 8. The van der Waals surface area contributed by atoms with Gasteiger partial charge in [-0.3, -0.25) is 29.4 Å². The molecule has 4 N–H and O–H groups in total. The molecule has 0 aliphatic heterocycles. The molecule has 0 aliphatic rings. The van der Waals surface area contributed by atoms with Crippen molar-refractivity contribution in [3.8, 4) is 11.5 Å². The summed E-state index contributed by atoms with van der Waals surface area (Å²) in [7, 11) is -5.74. The fourth-order valence-corrected chi connectivity index (χ4v) is 9.04. The van der Waals surface area contributed by atoms with Crippen molar-refractivity contribution in [1.29, 1.82) is 0 Å². The van der Waals surface area contributed by atoms with E-state index in [0.717, 1.165) is 8.61 Å². The van der Waals surface area contributed by atoms with Gasteiger partial charge in [0.1, 0.15) is 23.6 Å². The number of rotatable bonds is 19. The van der Waals surface area contributed by atoms with Crippen molar-refractivity contribution in [3.63, 3.8) is 0 Å². The van der Waals surface area contributed by atoms with E-state index < -0.39 is 55.8 Å². The number of nitrogens with one attached hydrogen (secondary N) is 2. The van der Waals surface area contributed by atoms with Gasteiger partial charge in [0.15, 0.2) is 0 Å². The summed E-state index contributed by atoms with van der Waals surface area (Å²) in [6.45, 7) is 6.15. The summed E-state index contributed by atoms with van der Waals surface area (Å²) in [6.07, 6.45) is 2.99. The quantitative estimate of drug-likeness (QED) is 0.0765. The second-order valence-corrected chi connectivity index (χ2v) is 16.5. The maximum atomic E-state index is 13.9. The van der Waals surface area contributed by atoms with Crippen LogP contribution in [0.5, 0.6) is 11.5 Å². The predicted octanol–water partition coefficient (Wildman–Crippen LogP) is 1.03. The number of carbonyl (C=O) groups excluding carboxylic acids is 2. The first-order chi connectivity index (χ1) is 25.6. The van der Waals surface area contributed by atoms with Crippen LogP contribution < -0.4 is 20.4 Å². The van der Waals surface area contributed by atoms with E-state index in [-0.39, 0.29) is 47.4 Å². The Balaban J connectivity index is 1.55. The first kappa shape index (κ1) is 41.8. The Bertz CT molecular complexity index is 1940. The summed E-state index contributed by atoms with van der Waals surface area (Å²) in [5, 5.41) is 35.3. The van der Waals surface area contributed by atoms with Crippen molar-refractivity contribution in [3.05, 3.63) is 72.3 Å². The summed E-state index contributed by atoms with van der Waals surface area (Å²) >= 11 is 0. The molecule has 20 nitrogen and oxygen atoms in total. The van der Waals surface area contributed by atoms with Gasteiger partial charge in [-0.2, -0.15) is 8.61 Å². The number of benzene rings is 2. The lowest BCUT2D eigenvalue weighted by atomic mass is 10.0. The van der Waals surface area contributed by atoms with Gasteiger partial charge in [-0.05, 0) is 60.4 Å². The molecule has 4 rings (SSSR count). The number of hydrogen-bond acceptors (Lipinski definition) is 14. The number of ether oxygens (including phenoxy) is 2. The van der Waals surface area contributed by atoms with Crippen LogP contribution in [0.4, 0.5) is 0 Å². The Hall–Kier alpha value is -5.00. The first-order valence-electron chi connectivity index (χ1n) is 16.5. The molecule has 54 heavy (non-hydrogen) atoms. The topological polar surface area (TPSA) is 253 Å². The van der Waals surface area contributed by atoms with E-state index in [4.69, 9.17) is 9.47 Å². The van der Waals surface area contributed by atoms with Gasteiger partial charge in [0.2, 0.25) is 20.0 Å². The average molecular weight is 793 g/mol.